The summed E-state index contributed by atoms with van der Waals surface area (Å²) in [4.78, 5) is 54.9. The molecule has 0 radical (unpaired) electrons. The summed E-state index contributed by atoms with van der Waals surface area (Å²) in [7, 11) is 1.52. The van der Waals surface area contributed by atoms with Crippen LogP contribution < -0.4 is 21.3 Å². The van der Waals surface area contributed by atoms with Crippen LogP contribution in [0.1, 0.15) is 20.7 Å². The molecule has 0 saturated carbocycles. The highest BCUT2D eigenvalue weighted by Crippen LogP contribution is 2.35. The van der Waals surface area contributed by atoms with Crippen LogP contribution in [0.5, 0.6) is 5.75 Å². The molecule has 4 N–H and O–H groups in total. The average Bonchev–Trinajstić information content (AvgIpc) is 3.68. The number of H-pyrrole nitrogens is 1. The number of hydrogen-bond acceptors (Lipinski definition) is 11. The minimum atomic E-state index is -0.710. The van der Waals surface area contributed by atoms with Crippen molar-refractivity contribution in [3.8, 4) is 28.3 Å². The van der Waals surface area contributed by atoms with E-state index in [2.05, 4.69) is 48.2 Å². The van der Waals surface area contributed by atoms with Crippen molar-refractivity contribution in [1.82, 2.24) is 39.3 Å². The zero-order chi connectivity index (χ0) is 31.9. The second-order valence-corrected chi connectivity index (χ2v) is 10.3. The van der Waals surface area contributed by atoms with Gasteiger partial charge in [0.05, 0.1) is 18.1 Å². The van der Waals surface area contributed by atoms with Gasteiger partial charge in [0.15, 0.2) is 11.5 Å². The topological polar surface area (TPSA) is 188 Å². The first kappa shape index (κ1) is 28.4. The Kier molecular flexibility index (Phi) is 6.98. The number of amides is 1. The van der Waals surface area contributed by atoms with Crippen molar-refractivity contribution in [1.29, 1.82) is 0 Å². The molecular weight excluding hydrogens is 608 g/mol. The number of anilines is 2. The van der Waals surface area contributed by atoms with E-state index in [0.717, 1.165) is 9.08 Å². The van der Waals surface area contributed by atoms with Crippen LogP contribution in [-0.2, 0) is 0 Å². The average molecular weight is 631 g/mol. The van der Waals surface area contributed by atoms with Crippen molar-refractivity contribution in [3.63, 3.8) is 0 Å². The molecule has 0 saturated heterocycles. The number of thiol groups is 1. The van der Waals surface area contributed by atoms with E-state index < -0.39 is 17.4 Å². The van der Waals surface area contributed by atoms with Gasteiger partial charge in [0, 0.05) is 16.7 Å². The molecule has 7 rings (SSSR count). The second kappa shape index (κ2) is 11.3. The van der Waals surface area contributed by atoms with Crippen LogP contribution in [0, 0.1) is 0 Å². The van der Waals surface area contributed by atoms with Gasteiger partial charge >= 0.3 is 0 Å². The number of carbonyl (C=O) groups is 2. The SMILES string of the molecule is COc1ccc(-c2c(C(=O)n3nc(S)nc3-c3ccccc3)c(N)nc3nc4[nH]nc(NC(=O)c5ccccc5)n4c(=O)c23)cc1. The van der Waals surface area contributed by atoms with Crippen molar-refractivity contribution in [2.45, 2.75) is 5.16 Å². The van der Waals surface area contributed by atoms with Gasteiger partial charge in [-0.25, -0.2) is 19.5 Å². The van der Waals surface area contributed by atoms with Gasteiger partial charge in [0.1, 0.15) is 11.6 Å². The Morgan fingerprint density at radius 3 is 2.30 bits per heavy atom. The van der Waals surface area contributed by atoms with Crippen molar-refractivity contribution in [3.05, 3.63) is 106 Å². The number of ether oxygens (including phenoxy) is 1. The van der Waals surface area contributed by atoms with Gasteiger partial charge in [0.2, 0.25) is 16.9 Å². The monoisotopic (exact) mass is 630 g/mol. The van der Waals surface area contributed by atoms with Crippen LogP contribution >= 0.6 is 12.6 Å². The summed E-state index contributed by atoms with van der Waals surface area (Å²) >= 11 is 4.28. The lowest BCUT2D eigenvalue weighted by molar-refractivity contribution is 0.0946. The molecule has 1 amide bonds. The van der Waals surface area contributed by atoms with Crippen molar-refractivity contribution >= 4 is 53.0 Å². The first-order chi connectivity index (χ1) is 22.3. The lowest BCUT2D eigenvalue weighted by Crippen LogP contribution is -2.24. The van der Waals surface area contributed by atoms with Gasteiger partial charge in [-0.05, 0) is 29.8 Å². The van der Waals surface area contributed by atoms with Crippen LogP contribution in [0.3, 0.4) is 0 Å². The Labute approximate surface area is 264 Å². The normalized spacial score (nSPS) is 11.2. The number of nitrogens with one attached hydrogen (secondary N) is 2. The molecule has 0 aliphatic rings. The quantitative estimate of drug-likeness (QED) is 0.197. The Bertz CT molecular complexity index is 2350. The molecule has 14 nitrogen and oxygen atoms in total. The molecule has 0 fully saturated rings. The summed E-state index contributed by atoms with van der Waals surface area (Å²) in [6.45, 7) is 0. The van der Waals surface area contributed by atoms with Gasteiger partial charge in [-0.1, -0.05) is 60.7 Å². The number of aromatic amines is 1. The third-order valence-corrected chi connectivity index (χ3v) is 7.38. The first-order valence-electron chi connectivity index (χ1n) is 13.7. The highest BCUT2D eigenvalue weighted by Gasteiger charge is 2.29. The van der Waals surface area contributed by atoms with Crippen molar-refractivity contribution in [2.75, 3.05) is 18.2 Å². The number of nitrogens with two attached hydrogens (primary N) is 1. The number of fused-ring (bicyclic) bond motifs is 2. The zero-order valence-corrected chi connectivity index (χ0v) is 24.8. The third kappa shape index (κ3) is 4.80. The van der Waals surface area contributed by atoms with Gasteiger partial charge in [0.25, 0.3) is 17.4 Å². The predicted molar refractivity (Wildman–Crippen MR) is 172 cm³/mol. The molecule has 0 aliphatic heterocycles. The number of pyridine rings is 1. The van der Waals surface area contributed by atoms with Crippen LogP contribution in [0.2, 0.25) is 0 Å². The Balaban J connectivity index is 1.49. The van der Waals surface area contributed by atoms with E-state index in [0.29, 0.717) is 22.4 Å². The highest BCUT2D eigenvalue weighted by atomic mass is 32.1. The molecule has 0 aliphatic carbocycles. The minimum Gasteiger partial charge on any atom is -0.497 e. The standard InChI is InChI=1S/C31H22N10O4S/c1-45-19-14-12-16(13-15-19)20-21(28(44)41-25(35-31(46)39-41)17-8-4-2-5-9-17)23(32)33-24-22(20)27(43)40-29(34-24)37-38-30(40)36-26(42)18-10-6-3-7-11-18/h2-15H,1H3,(H,39,46)(H,36,38,42)(H3,32,33,34,37). The number of nitrogens with zero attached hydrogens (tertiary/aromatic N) is 7. The second-order valence-electron chi connectivity index (χ2n) is 9.94. The summed E-state index contributed by atoms with van der Waals surface area (Å²) < 4.78 is 7.49. The van der Waals surface area contributed by atoms with Crippen LogP contribution in [0.25, 0.3) is 39.3 Å². The number of rotatable bonds is 6. The van der Waals surface area contributed by atoms with Crippen LogP contribution in [0.4, 0.5) is 11.8 Å². The van der Waals surface area contributed by atoms with E-state index in [1.54, 1.807) is 78.9 Å². The van der Waals surface area contributed by atoms with Crippen LogP contribution in [0.15, 0.2) is 94.9 Å². The van der Waals surface area contributed by atoms with E-state index in [4.69, 9.17) is 10.5 Å². The number of methoxy groups -OCH3 is 1. The molecule has 7 aromatic rings. The summed E-state index contributed by atoms with van der Waals surface area (Å²) in [6.07, 6.45) is 0. The molecule has 15 heteroatoms. The molecule has 4 aromatic heterocycles. The van der Waals surface area contributed by atoms with Gasteiger partial charge < -0.3 is 10.5 Å². The van der Waals surface area contributed by atoms with Gasteiger partial charge in [-0.15, -0.1) is 22.8 Å². The summed E-state index contributed by atoms with van der Waals surface area (Å²) in [5, 5.41) is 13.7. The van der Waals surface area contributed by atoms with E-state index in [9.17, 15) is 14.4 Å². The summed E-state index contributed by atoms with van der Waals surface area (Å²) in [5.74, 6) is -0.772. The van der Waals surface area contributed by atoms with E-state index in [-0.39, 0.29) is 50.7 Å². The maximum Gasteiger partial charge on any atom is 0.284 e. The van der Waals surface area contributed by atoms with Crippen LogP contribution in [-0.4, -0.2) is 58.3 Å². The number of aromatic nitrogens is 8. The van der Waals surface area contributed by atoms with E-state index in [1.807, 2.05) is 6.07 Å². The largest absolute Gasteiger partial charge is 0.497 e. The maximum absolute atomic E-state index is 14.4. The predicted octanol–water partition coefficient (Wildman–Crippen LogP) is 3.71. The van der Waals surface area contributed by atoms with Crippen molar-refractivity contribution < 1.29 is 14.3 Å². The third-order valence-electron chi connectivity index (χ3n) is 7.19. The summed E-state index contributed by atoms with van der Waals surface area (Å²) in [6, 6.07) is 24.1. The number of carbonyl (C=O) groups excluding carboxylic acids is 2. The summed E-state index contributed by atoms with van der Waals surface area (Å²) in [5.41, 5.74) is 7.17. The molecular formula is C31H22N10O4S. The Hall–Kier alpha value is -6.35. The fourth-order valence-corrected chi connectivity index (χ4v) is 5.27. The zero-order valence-electron chi connectivity index (χ0n) is 23.9. The van der Waals surface area contributed by atoms with Crippen molar-refractivity contribution in [2.24, 2.45) is 0 Å². The highest BCUT2D eigenvalue weighted by molar-refractivity contribution is 7.80. The molecule has 46 heavy (non-hydrogen) atoms. The molecule has 4 heterocycles. The molecule has 3 aromatic carbocycles. The number of benzene rings is 3. The molecule has 0 unspecified atom stereocenters. The lowest BCUT2D eigenvalue weighted by Gasteiger charge is -2.15. The number of nitrogen functional groups attached to an aromatic ring is 1. The Morgan fingerprint density at radius 2 is 1.61 bits per heavy atom. The Morgan fingerprint density at radius 1 is 0.913 bits per heavy atom. The van der Waals surface area contributed by atoms with Gasteiger partial charge in [-0.3, -0.25) is 19.7 Å². The fourth-order valence-electron chi connectivity index (χ4n) is 5.09. The fraction of sp³-hybridized carbons (Fsp3) is 0.0323. The molecule has 226 valence electrons. The first-order valence-corrected chi connectivity index (χ1v) is 14.2. The molecule has 0 spiro atoms. The maximum atomic E-state index is 14.4. The van der Waals surface area contributed by atoms with E-state index >= 15 is 0 Å². The lowest BCUT2D eigenvalue weighted by atomic mass is 9.96. The number of hydrogen-bond donors (Lipinski definition) is 4. The smallest absolute Gasteiger partial charge is 0.284 e. The molecule has 0 bridgehead atoms. The van der Waals surface area contributed by atoms with Gasteiger partial charge in [-0.2, -0.15) is 9.67 Å². The minimum absolute atomic E-state index is 0.00475. The van der Waals surface area contributed by atoms with E-state index in [1.165, 1.54) is 7.11 Å². The molecule has 0 atom stereocenters.